The predicted molar refractivity (Wildman–Crippen MR) is 225 cm³/mol. The van der Waals surface area contributed by atoms with Gasteiger partial charge in [0, 0.05) is 37.2 Å². The molecule has 2 bridgehead atoms. The van der Waals surface area contributed by atoms with E-state index in [2.05, 4.69) is 10.6 Å². The molecule has 1 spiro atoms. The molecule has 2 aliphatic carbocycles. The molecule has 4 heterocycles. The maximum Gasteiger partial charge on any atom is 0.348 e. The first-order valence-corrected chi connectivity index (χ1v) is 22.0. The first-order valence-electron chi connectivity index (χ1n) is 22.0. The normalized spacial score (nSPS) is 29.6. The van der Waals surface area contributed by atoms with Crippen molar-refractivity contribution in [3.8, 4) is 0 Å². The van der Waals surface area contributed by atoms with Crippen LogP contribution < -0.4 is 10.6 Å². The second-order valence-corrected chi connectivity index (χ2v) is 19.6. The highest BCUT2D eigenvalue weighted by Gasteiger charge is 2.76. The fourth-order valence-electron chi connectivity index (χ4n) is 9.88. The largest absolute Gasteiger partial charge is 0.462 e. The van der Waals surface area contributed by atoms with Crippen LogP contribution in [0.3, 0.4) is 0 Å². The Labute approximate surface area is 376 Å². The van der Waals surface area contributed by atoms with Gasteiger partial charge in [-0.05, 0) is 62.4 Å². The van der Waals surface area contributed by atoms with E-state index in [1.165, 1.54) is 24.1 Å². The third kappa shape index (κ3) is 9.03. The molecule has 350 valence electrons. The summed E-state index contributed by atoms with van der Waals surface area (Å²) < 4.78 is 35.6. The molecular weight excluding hydrogens is 847 g/mol. The molecule has 65 heavy (non-hydrogen) atoms. The second-order valence-electron chi connectivity index (χ2n) is 19.6. The number of aliphatic hydroxyl groups excluding tert-OH is 2. The zero-order valence-electron chi connectivity index (χ0n) is 37.3. The molecule has 1 saturated carbocycles. The van der Waals surface area contributed by atoms with Crippen LogP contribution in [0.5, 0.6) is 0 Å². The molecule has 2 amide bonds. The summed E-state index contributed by atoms with van der Waals surface area (Å²) in [6.07, 6.45) is -3.09. The van der Waals surface area contributed by atoms with E-state index in [1.54, 1.807) is 58.9 Å². The van der Waals surface area contributed by atoms with Crippen LogP contribution in [0.2, 0.25) is 0 Å². The average Bonchev–Trinajstić information content (AvgIpc) is 3.97. The Morgan fingerprint density at radius 3 is 2.29 bits per heavy atom. The summed E-state index contributed by atoms with van der Waals surface area (Å²) in [6.45, 7) is 9.46. The van der Waals surface area contributed by atoms with Crippen molar-refractivity contribution in [1.29, 1.82) is 0 Å². The summed E-state index contributed by atoms with van der Waals surface area (Å²) in [5.74, 6) is -5.46. The van der Waals surface area contributed by atoms with E-state index in [9.17, 15) is 34.2 Å². The predicted octanol–water partition coefficient (Wildman–Crippen LogP) is 1.74. The number of carbonyl (C=O) groups is 6. The third-order valence-electron chi connectivity index (χ3n) is 13.0. The average molecular weight is 904 g/mol. The number of aliphatic hydroxyl groups is 2. The zero-order chi connectivity index (χ0) is 46.6. The number of benzene rings is 2. The number of carbonyl (C=O) groups excluding carboxylic acids is 6. The van der Waals surface area contributed by atoms with Crippen molar-refractivity contribution in [2.24, 2.45) is 10.8 Å². The van der Waals surface area contributed by atoms with Gasteiger partial charge >= 0.3 is 23.9 Å². The minimum Gasteiger partial charge on any atom is -0.462 e. The van der Waals surface area contributed by atoms with Crippen LogP contribution in [-0.2, 0) is 81.4 Å². The van der Waals surface area contributed by atoms with Crippen molar-refractivity contribution in [3.05, 3.63) is 76.9 Å². The summed E-state index contributed by atoms with van der Waals surface area (Å²) >= 11 is 0. The van der Waals surface area contributed by atoms with Crippen molar-refractivity contribution in [2.75, 3.05) is 13.2 Å². The molecular formula is C47H57N3O15. The molecule has 4 aliphatic heterocycles. The van der Waals surface area contributed by atoms with Gasteiger partial charge in [0.25, 0.3) is 0 Å². The number of hydroxylamine groups is 2. The van der Waals surface area contributed by atoms with Crippen LogP contribution >= 0.6 is 0 Å². The van der Waals surface area contributed by atoms with Crippen molar-refractivity contribution >= 4 is 41.8 Å². The standard InChI is InChI=1S/C47H57N3O15/c1-25(52)34(40(55)48-30(23-51)16-18-33(54)62-44(2,3)4)49-43(58)47-21-31-35-36(64-46(63-35)19-27-12-8-9-13-28(27)20-46)38(47)65-50(37(47)41(56)60-31)22-29-14-10-7-11-26(29)15-17-32(53)61-39-42(57)59-24-45(39,5)6/h7-15,17,25,30-31,34-39,51-52H,16,18-24H2,1-6H3,(H,48,55)(H,49,58). The van der Waals surface area contributed by atoms with Crippen LogP contribution in [0.1, 0.15) is 83.1 Å². The molecule has 8 rings (SSSR count). The minimum atomic E-state index is -1.75. The van der Waals surface area contributed by atoms with E-state index < -0.39 is 119 Å². The van der Waals surface area contributed by atoms with Gasteiger partial charge in [0.15, 0.2) is 11.8 Å². The summed E-state index contributed by atoms with van der Waals surface area (Å²) in [5, 5.41) is 27.8. The number of cyclic esters (lactones) is 1. The molecule has 4 N–H and O–H groups in total. The van der Waals surface area contributed by atoms with Crippen molar-refractivity contribution < 1.29 is 72.2 Å². The van der Waals surface area contributed by atoms with Crippen molar-refractivity contribution in [2.45, 2.75) is 146 Å². The molecule has 10 atom stereocenters. The van der Waals surface area contributed by atoms with E-state index in [4.69, 9.17) is 33.3 Å². The van der Waals surface area contributed by atoms with Crippen molar-refractivity contribution in [3.63, 3.8) is 0 Å². The van der Waals surface area contributed by atoms with Crippen LogP contribution in [-0.4, -0.2) is 130 Å². The Balaban J connectivity index is 1.07. The number of nitrogens with one attached hydrogen (secondary N) is 2. The highest BCUT2D eigenvalue weighted by molar-refractivity contribution is 5.96. The number of fused-ring (bicyclic) bond motifs is 5. The van der Waals surface area contributed by atoms with E-state index in [1.807, 2.05) is 24.3 Å². The SMILES string of the molecule is CC(O)C(NC(=O)C12CC3OC(=O)C1N(Cc1ccccc1C=CC(=O)OC1C(=O)OCC1(C)C)OC2C1OC2(Cc4ccccc4C2)OC31)C(=O)NC(CO)CCC(=O)OC(C)(C)C. The molecule has 0 radical (unpaired) electrons. The highest BCUT2D eigenvalue weighted by atomic mass is 16.8. The van der Waals surface area contributed by atoms with Gasteiger partial charge in [0.2, 0.25) is 17.9 Å². The van der Waals surface area contributed by atoms with Crippen molar-refractivity contribution in [1.82, 2.24) is 15.7 Å². The number of nitrogens with zero attached hydrogens (tertiary/aromatic N) is 1. The number of hydrogen-bond donors (Lipinski definition) is 4. The number of amides is 2. The lowest BCUT2D eigenvalue weighted by Crippen LogP contribution is -2.71. The summed E-state index contributed by atoms with van der Waals surface area (Å²) in [4.78, 5) is 87.9. The molecule has 18 nitrogen and oxygen atoms in total. The molecule has 18 heteroatoms. The summed E-state index contributed by atoms with van der Waals surface area (Å²) in [7, 11) is 0. The lowest BCUT2D eigenvalue weighted by Gasteiger charge is -2.49. The zero-order valence-corrected chi connectivity index (χ0v) is 37.3. The topological polar surface area (TPSA) is 235 Å². The third-order valence-corrected chi connectivity index (χ3v) is 13.0. The number of esters is 4. The first-order chi connectivity index (χ1) is 30.7. The van der Waals surface area contributed by atoms with Gasteiger partial charge in [-0.25, -0.2) is 9.59 Å². The summed E-state index contributed by atoms with van der Waals surface area (Å²) in [6, 6.07) is 10.9. The maximum absolute atomic E-state index is 15.2. The number of hydrogen-bond acceptors (Lipinski definition) is 16. The Hall–Kier alpha value is -5.24. The molecule has 2 aromatic carbocycles. The van der Waals surface area contributed by atoms with E-state index in [0.717, 1.165) is 11.1 Å². The molecule has 5 fully saturated rings. The quantitative estimate of drug-likeness (QED) is 0.120. The fourth-order valence-corrected chi connectivity index (χ4v) is 9.88. The van der Waals surface area contributed by atoms with Gasteiger partial charge in [-0.1, -0.05) is 62.4 Å². The molecule has 0 aromatic heterocycles. The van der Waals surface area contributed by atoms with E-state index >= 15 is 4.79 Å². The van der Waals surface area contributed by atoms with Crippen LogP contribution in [0.25, 0.3) is 6.08 Å². The van der Waals surface area contributed by atoms with Crippen LogP contribution in [0.15, 0.2) is 54.6 Å². The fraction of sp³-hybridized carbons (Fsp3) is 0.574. The molecule has 2 aromatic rings. The maximum atomic E-state index is 15.2. The van der Waals surface area contributed by atoms with Gasteiger partial charge in [-0.2, -0.15) is 5.06 Å². The van der Waals surface area contributed by atoms with E-state index in [-0.39, 0.29) is 32.4 Å². The Morgan fingerprint density at radius 2 is 1.65 bits per heavy atom. The monoisotopic (exact) mass is 903 g/mol. The van der Waals surface area contributed by atoms with Gasteiger partial charge in [0.1, 0.15) is 48.1 Å². The number of rotatable bonds is 14. The van der Waals surface area contributed by atoms with Gasteiger partial charge in [0.05, 0.1) is 25.3 Å². The van der Waals surface area contributed by atoms with Gasteiger partial charge in [-0.3, -0.25) is 24.0 Å². The lowest BCUT2D eigenvalue weighted by molar-refractivity contribution is -0.217. The lowest BCUT2D eigenvalue weighted by atomic mass is 9.62. The summed E-state index contributed by atoms with van der Waals surface area (Å²) in [5.41, 5.74) is -0.0246. The van der Waals surface area contributed by atoms with Crippen LogP contribution in [0.4, 0.5) is 0 Å². The van der Waals surface area contributed by atoms with E-state index in [0.29, 0.717) is 24.0 Å². The molecule has 6 aliphatic rings. The second kappa shape index (κ2) is 17.5. The number of ether oxygens (including phenoxy) is 6. The Morgan fingerprint density at radius 1 is 0.969 bits per heavy atom. The van der Waals surface area contributed by atoms with Crippen LogP contribution in [0, 0.1) is 10.8 Å². The first kappa shape index (κ1) is 46.3. The smallest absolute Gasteiger partial charge is 0.348 e. The molecule has 4 saturated heterocycles. The highest BCUT2D eigenvalue weighted by Crippen LogP contribution is 2.58. The molecule has 10 unspecified atom stereocenters. The van der Waals surface area contributed by atoms with Gasteiger partial charge < -0.3 is 49.3 Å². The minimum absolute atomic E-state index is 0.0131. The Kier molecular flexibility index (Phi) is 12.5. The van der Waals surface area contributed by atoms with Gasteiger partial charge in [-0.15, -0.1) is 0 Å². The Bertz CT molecular complexity index is 2230.